The third-order valence-corrected chi connectivity index (χ3v) is 2.84. The highest BCUT2D eigenvalue weighted by Crippen LogP contribution is 2.35. The van der Waals surface area contributed by atoms with Crippen LogP contribution in [0.5, 0.6) is 17.2 Å². The summed E-state index contributed by atoms with van der Waals surface area (Å²) in [4.78, 5) is 11.7. The Kier molecular flexibility index (Phi) is 3.55. The van der Waals surface area contributed by atoms with E-state index >= 15 is 0 Å². The van der Waals surface area contributed by atoms with Crippen molar-refractivity contribution >= 4 is 12.0 Å². The van der Waals surface area contributed by atoms with Crippen LogP contribution in [-0.4, -0.2) is 12.8 Å². The van der Waals surface area contributed by atoms with Gasteiger partial charge in [-0.2, -0.15) is 0 Å². The second kappa shape index (κ2) is 5.66. The van der Waals surface area contributed by atoms with E-state index in [9.17, 15) is 9.18 Å². The summed E-state index contributed by atoms with van der Waals surface area (Å²) in [5, 5.41) is 0. The zero-order valence-electron chi connectivity index (χ0n) is 10.9. The van der Waals surface area contributed by atoms with Crippen LogP contribution >= 0.6 is 0 Å². The average Bonchev–Trinajstić information content (AvgIpc) is 2.94. The van der Waals surface area contributed by atoms with Crippen molar-refractivity contribution in [3.05, 3.63) is 59.9 Å². The van der Waals surface area contributed by atoms with E-state index in [4.69, 9.17) is 14.2 Å². The Morgan fingerprint density at radius 1 is 1.10 bits per heavy atom. The summed E-state index contributed by atoms with van der Waals surface area (Å²) in [5.41, 5.74) is 0.707. The molecule has 0 aliphatic carbocycles. The Hall–Kier alpha value is -2.82. The maximum atomic E-state index is 12.7. The van der Waals surface area contributed by atoms with Gasteiger partial charge in [0.25, 0.3) is 0 Å². The molecule has 0 saturated carbocycles. The molecule has 2 aromatic carbocycles. The third kappa shape index (κ3) is 3.20. The molecule has 0 atom stereocenters. The van der Waals surface area contributed by atoms with E-state index in [1.54, 1.807) is 36.4 Å². The minimum Gasteiger partial charge on any atom is -0.454 e. The Labute approximate surface area is 120 Å². The molecule has 0 aromatic heterocycles. The van der Waals surface area contributed by atoms with Crippen LogP contribution in [-0.2, 0) is 4.79 Å². The van der Waals surface area contributed by atoms with Crippen molar-refractivity contribution in [2.24, 2.45) is 0 Å². The number of hydrogen-bond donors (Lipinski definition) is 0. The first kappa shape index (κ1) is 13.2. The first-order chi connectivity index (χ1) is 10.2. The molecule has 0 spiro atoms. The Balaban J connectivity index is 1.65. The number of ether oxygens (including phenoxy) is 3. The highest BCUT2D eigenvalue weighted by Gasteiger charge is 2.14. The Bertz CT molecular complexity index is 692. The fourth-order valence-electron chi connectivity index (χ4n) is 1.83. The van der Waals surface area contributed by atoms with Gasteiger partial charge in [-0.3, -0.25) is 0 Å². The van der Waals surface area contributed by atoms with E-state index in [1.165, 1.54) is 18.2 Å². The molecule has 1 aliphatic rings. The zero-order chi connectivity index (χ0) is 14.7. The molecule has 0 unspecified atom stereocenters. The van der Waals surface area contributed by atoms with Crippen molar-refractivity contribution in [3.8, 4) is 17.2 Å². The summed E-state index contributed by atoms with van der Waals surface area (Å²) in [6.45, 7) is 0.164. The second-order valence-electron chi connectivity index (χ2n) is 4.32. The van der Waals surface area contributed by atoms with Crippen molar-refractivity contribution in [1.29, 1.82) is 0 Å². The van der Waals surface area contributed by atoms with Crippen LogP contribution in [0, 0.1) is 5.82 Å². The SMILES string of the molecule is O=C(/C=C/c1ccc(F)cc1)Oc1ccc2c(c1)OCO2. The van der Waals surface area contributed by atoms with Gasteiger partial charge in [0.15, 0.2) is 11.5 Å². The van der Waals surface area contributed by atoms with Gasteiger partial charge in [0.05, 0.1) is 0 Å². The highest BCUT2D eigenvalue weighted by atomic mass is 19.1. The lowest BCUT2D eigenvalue weighted by Gasteiger charge is -2.02. The molecular formula is C16H11FO4. The summed E-state index contributed by atoms with van der Waals surface area (Å²) in [5.74, 6) is 0.681. The van der Waals surface area contributed by atoms with Gasteiger partial charge >= 0.3 is 5.97 Å². The fraction of sp³-hybridized carbons (Fsp3) is 0.0625. The van der Waals surface area contributed by atoms with E-state index in [1.807, 2.05) is 0 Å². The zero-order valence-corrected chi connectivity index (χ0v) is 10.9. The van der Waals surface area contributed by atoms with Crippen LogP contribution in [0.15, 0.2) is 48.5 Å². The molecule has 1 heterocycles. The molecule has 0 fully saturated rings. The minimum absolute atomic E-state index is 0.164. The molecule has 106 valence electrons. The molecule has 21 heavy (non-hydrogen) atoms. The number of rotatable bonds is 3. The lowest BCUT2D eigenvalue weighted by atomic mass is 10.2. The van der Waals surface area contributed by atoms with Crippen molar-refractivity contribution in [1.82, 2.24) is 0 Å². The topological polar surface area (TPSA) is 44.8 Å². The number of halogens is 1. The fourth-order valence-corrected chi connectivity index (χ4v) is 1.83. The predicted octanol–water partition coefficient (Wildman–Crippen LogP) is 3.17. The molecule has 1 aliphatic heterocycles. The summed E-state index contributed by atoms with van der Waals surface area (Å²) in [7, 11) is 0. The summed E-state index contributed by atoms with van der Waals surface area (Å²) in [6, 6.07) is 10.7. The molecule has 5 heteroatoms. The normalized spacial score (nSPS) is 12.6. The lowest BCUT2D eigenvalue weighted by Crippen LogP contribution is -2.03. The van der Waals surface area contributed by atoms with Crippen LogP contribution in [0.2, 0.25) is 0 Å². The molecule has 0 bridgehead atoms. The van der Waals surface area contributed by atoms with Gasteiger partial charge < -0.3 is 14.2 Å². The Morgan fingerprint density at radius 2 is 1.86 bits per heavy atom. The molecule has 0 N–H and O–H groups in total. The third-order valence-electron chi connectivity index (χ3n) is 2.84. The average molecular weight is 286 g/mol. The predicted molar refractivity (Wildman–Crippen MR) is 73.6 cm³/mol. The van der Waals surface area contributed by atoms with Crippen molar-refractivity contribution in [3.63, 3.8) is 0 Å². The van der Waals surface area contributed by atoms with Gasteiger partial charge in [-0.05, 0) is 35.9 Å². The van der Waals surface area contributed by atoms with Gasteiger partial charge in [0.2, 0.25) is 6.79 Å². The summed E-state index contributed by atoms with van der Waals surface area (Å²) in [6.07, 6.45) is 2.83. The number of carbonyl (C=O) groups excluding carboxylic acids is 1. The monoisotopic (exact) mass is 286 g/mol. The molecule has 3 rings (SSSR count). The largest absolute Gasteiger partial charge is 0.454 e. The van der Waals surface area contributed by atoms with Gasteiger partial charge in [-0.25, -0.2) is 9.18 Å². The van der Waals surface area contributed by atoms with Crippen LogP contribution in [0.4, 0.5) is 4.39 Å². The first-order valence-electron chi connectivity index (χ1n) is 6.26. The summed E-state index contributed by atoms with van der Waals surface area (Å²) >= 11 is 0. The Morgan fingerprint density at radius 3 is 2.67 bits per heavy atom. The molecule has 0 amide bonds. The number of fused-ring (bicyclic) bond motifs is 1. The van der Waals surface area contributed by atoms with Crippen LogP contribution in [0.3, 0.4) is 0 Å². The van der Waals surface area contributed by atoms with E-state index in [0.29, 0.717) is 22.8 Å². The standard InChI is InChI=1S/C16H11FO4/c17-12-4-1-11(2-5-12)3-8-16(18)21-13-6-7-14-15(9-13)20-10-19-14/h1-9H,10H2/b8-3+. The van der Waals surface area contributed by atoms with Crippen LogP contribution in [0.25, 0.3) is 6.08 Å². The molecule has 0 saturated heterocycles. The van der Waals surface area contributed by atoms with Crippen molar-refractivity contribution in [2.45, 2.75) is 0 Å². The van der Waals surface area contributed by atoms with Gasteiger partial charge in [0.1, 0.15) is 11.6 Å². The summed E-state index contributed by atoms with van der Waals surface area (Å²) < 4.78 is 28.3. The maximum Gasteiger partial charge on any atom is 0.336 e. The maximum absolute atomic E-state index is 12.7. The lowest BCUT2D eigenvalue weighted by molar-refractivity contribution is -0.128. The van der Waals surface area contributed by atoms with E-state index in [2.05, 4.69) is 0 Å². The van der Waals surface area contributed by atoms with Crippen LogP contribution in [0.1, 0.15) is 5.56 Å². The smallest absolute Gasteiger partial charge is 0.336 e. The van der Waals surface area contributed by atoms with E-state index in [0.717, 1.165) is 0 Å². The van der Waals surface area contributed by atoms with Gasteiger partial charge in [-0.15, -0.1) is 0 Å². The quantitative estimate of drug-likeness (QED) is 0.494. The van der Waals surface area contributed by atoms with E-state index < -0.39 is 5.97 Å². The first-order valence-corrected chi connectivity index (χ1v) is 6.26. The van der Waals surface area contributed by atoms with E-state index in [-0.39, 0.29) is 12.6 Å². The van der Waals surface area contributed by atoms with Crippen molar-refractivity contribution in [2.75, 3.05) is 6.79 Å². The molecule has 0 radical (unpaired) electrons. The molecule has 4 nitrogen and oxygen atoms in total. The number of carbonyl (C=O) groups is 1. The number of benzene rings is 2. The highest BCUT2D eigenvalue weighted by molar-refractivity contribution is 5.88. The van der Waals surface area contributed by atoms with Gasteiger partial charge in [0, 0.05) is 12.1 Å². The van der Waals surface area contributed by atoms with Gasteiger partial charge in [-0.1, -0.05) is 12.1 Å². The second-order valence-corrected chi connectivity index (χ2v) is 4.32. The van der Waals surface area contributed by atoms with Crippen LogP contribution < -0.4 is 14.2 Å². The molecule has 2 aromatic rings. The van der Waals surface area contributed by atoms with Crippen molar-refractivity contribution < 1.29 is 23.4 Å². The number of hydrogen-bond acceptors (Lipinski definition) is 4. The minimum atomic E-state index is -0.529. The molecular weight excluding hydrogens is 275 g/mol. The number of esters is 1.